The molecule has 0 aromatic heterocycles. The minimum absolute atomic E-state index is 0.111. The first-order chi connectivity index (χ1) is 12.4. The molecule has 8 nitrogen and oxygen atoms in total. The Labute approximate surface area is 147 Å². The van der Waals surface area contributed by atoms with E-state index in [0.29, 0.717) is 5.57 Å². The number of hydrogen-bond donors (Lipinski definition) is 0. The highest BCUT2D eigenvalue weighted by Gasteiger charge is 2.49. The molecule has 1 aromatic carbocycles. The molecule has 0 heterocycles. The topological polar surface area (TPSA) is 134 Å². The Morgan fingerprint density at radius 1 is 0.962 bits per heavy atom. The van der Waals surface area contributed by atoms with Gasteiger partial charge in [-0.05, 0) is 16.7 Å². The van der Waals surface area contributed by atoms with E-state index in [0.717, 1.165) is 18.2 Å². The van der Waals surface area contributed by atoms with Crippen molar-refractivity contribution in [1.82, 2.24) is 0 Å². The molecule has 2 aliphatic carbocycles. The zero-order valence-electron chi connectivity index (χ0n) is 13.2. The number of nitro groups is 2. The van der Waals surface area contributed by atoms with Crippen molar-refractivity contribution in [1.29, 1.82) is 10.5 Å². The van der Waals surface area contributed by atoms with Gasteiger partial charge in [0.25, 0.3) is 11.4 Å². The number of benzene rings is 1. The summed E-state index contributed by atoms with van der Waals surface area (Å²) in [6, 6.07) is 7.16. The maximum Gasteiger partial charge on any atom is 0.276 e. The molecule has 0 radical (unpaired) electrons. The number of non-ortho nitro benzene ring substituents is 2. The van der Waals surface area contributed by atoms with Gasteiger partial charge in [-0.15, -0.1) is 0 Å². The molecule has 0 saturated heterocycles. The molecule has 0 fully saturated rings. The van der Waals surface area contributed by atoms with Crippen LogP contribution in [0.25, 0.3) is 5.57 Å². The number of rotatable bonds is 3. The molecule has 1 aromatic rings. The van der Waals surface area contributed by atoms with Gasteiger partial charge in [0.05, 0.1) is 28.1 Å². The fraction of sp³-hybridized carbons (Fsp3) is 0.111. The lowest BCUT2D eigenvalue weighted by Gasteiger charge is -2.23. The van der Waals surface area contributed by atoms with Crippen LogP contribution in [-0.2, 0) is 0 Å². The SMILES string of the molecule is N#CC1(C#N)C(c2cc([N+](=O)[O-])cc([N+](=O)[O-])c2)=CC2=CC=CC=CC21. The van der Waals surface area contributed by atoms with E-state index in [1.807, 2.05) is 12.1 Å². The molecule has 2 aliphatic rings. The minimum atomic E-state index is -1.63. The summed E-state index contributed by atoms with van der Waals surface area (Å²) in [6.07, 6.45) is 10.3. The second kappa shape index (κ2) is 6.11. The van der Waals surface area contributed by atoms with Crippen molar-refractivity contribution in [3.8, 4) is 12.1 Å². The van der Waals surface area contributed by atoms with Crippen LogP contribution in [0.15, 0.2) is 60.2 Å². The van der Waals surface area contributed by atoms with E-state index in [-0.39, 0.29) is 11.1 Å². The lowest BCUT2D eigenvalue weighted by atomic mass is 9.73. The molecule has 0 spiro atoms. The minimum Gasteiger partial charge on any atom is -0.258 e. The summed E-state index contributed by atoms with van der Waals surface area (Å²) in [4.78, 5) is 20.8. The molecule has 3 rings (SSSR count). The van der Waals surface area contributed by atoms with Gasteiger partial charge < -0.3 is 0 Å². The van der Waals surface area contributed by atoms with Crippen molar-refractivity contribution in [2.24, 2.45) is 11.3 Å². The normalized spacial score (nSPS) is 19.4. The molecule has 0 aliphatic heterocycles. The molecule has 126 valence electrons. The van der Waals surface area contributed by atoms with Gasteiger partial charge in [-0.2, -0.15) is 10.5 Å². The van der Waals surface area contributed by atoms with Gasteiger partial charge >= 0.3 is 0 Å². The Kier molecular flexibility index (Phi) is 3.95. The van der Waals surface area contributed by atoms with Crippen molar-refractivity contribution >= 4 is 16.9 Å². The van der Waals surface area contributed by atoms with Crippen LogP contribution in [0, 0.1) is 54.2 Å². The molecule has 0 saturated carbocycles. The van der Waals surface area contributed by atoms with Crippen LogP contribution < -0.4 is 0 Å². The second-order valence-corrected chi connectivity index (χ2v) is 5.76. The van der Waals surface area contributed by atoms with E-state index >= 15 is 0 Å². The zero-order valence-corrected chi connectivity index (χ0v) is 13.2. The van der Waals surface area contributed by atoms with Gasteiger partial charge in [-0.3, -0.25) is 20.2 Å². The second-order valence-electron chi connectivity index (χ2n) is 5.76. The highest BCUT2D eigenvalue weighted by atomic mass is 16.6. The fourth-order valence-corrected chi connectivity index (χ4v) is 3.16. The maximum absolute atomic E-state index is 11.1. The predicted molar refractivity (Wildman–Crippen MR) is 91.2 cm³/mol. The summed E-state index contributed by atoms with van der Waals surface area (Å²) >= 11 is 0. The highest BCUT2D eigenvalue weighted by Crippen LogP contribution is 2.52. The van der Waals surface area contributed by atoms with Crippen LogP contribution in [0.2, 0.25) is 0 Å². The van der Waals surface area contributed by atoms with E-state index in [1.165, 1.54) is 0 Å². The predicted octanol–water partition coefficient (Wildman–Crippen LogP) is 3.60. The first-order valence-electron chi connectivity index (χ1n) is 7.47. The first-order valence-corrected chi connectivity index (χ1v) is 7.47. The standard InChI is InChI=1S/C18H10N4O4/c19-10-18(11-20)16-5-3-1-2-4-12(16)8-17(18)13-6-14(21(23)24)9-15(7-13)22(25)26/h1-9,16H. The Bertz CT molecular complexity index is 988. The van der Waals surface area contributed by atoms with E-state index in [9.17, 15) is 30.8 Å². The third-order valence-electron chi connectivity index (χ3n) is 4.36. The van der Waals surface area contributed by atoms with Crippen LogP contribution in [0.3, 0.4) is 0 Å². The van der Waals surface area contributed by atoms with Crippen molar-refractivity contribution < 1.29 is 9.85 Å². The quantitative estimate of drug-likeness (QED) is 0.606. The summed E-state index contributed by atoms with van der Waals surface area (Å²) in [5.74, 6) is -0.569. The number of nitriles is 2. The van der Waals surface area contributed by atoms with Gasteiger partial charge in [0.1, 0.15) is 0 Å². The average molecular weight is 346 g/mol. The third-order valence-corrected chi connectivity index (χ3v) is 4.36. The summed E-state index contributed by atoms with van der Waals surface area (Å²) in [7, 11) is 0. The van der Waals surface area contributed by atoms with Crippen LogP contribution >= 0.6 is 0 Å². The Hall–Kier alpha value is -4.04. The van der Waals surface area contributed by atoms with Gasteiger partial charge in [-0.25, -0.2) is 0 Å². The summed E-state index contributed by atoms with van der Waals surface area (Å²) in [5, 5.41) is 41.8. The molecule has 1 atom stereocenters. The molecule has 0 bridgehead atoms. The number of nitro benzene ring substituents is 2. The fourth-order valence-electron chi connectivity index (χ4n) is 3.16. The average Bonchev–Trinajstić information content (AvgIpc) is 2.77. The number of nitrogens with zero attached hydrogens (tertiary/aromatic N) is 4. The zero-order chi connectivity index (χ0) is 18.9. The Morgan fingerprint density at radius 3 is 2.12 bits per heavy atom. The summed E-state index contributed by atoms with van der Waals surface area (Å²) in [6.45, 7) is 0. The van der Waals surface area contributed by atoms with E-state index in [2.05, 4.69) is 0 Å². The molecule has 1 unspecified atom stereocenters. The van der Waals surface area contributed by atoms with Crippen LogP contribution in [0.1, 0.15) is 5.56 Å². The highest BCUT2D eigenvalue weighted by molar-refractivity contribution is 5.85. The number of hydrogen-bond acceptors (Lipinski definition) is 6. The van der Waals surface area contributed by atoms with E-state index in [1.54, 1.807) is 36.5 Å². The smallest absolute Gasteiger partial charge is 0.258 e. The van der Waals surface area contributed by atoms with Gasteiger partial charge in [0.2, 0.25) is 0 Å². The third kappa shape index (κ3) is 2.46. The molecule has 0 amide bonds. The molecular formula is C18H10N4O4. The Morgan fingerprint density at radius 2 is 1.58 bits per heavy atom. The van der Waals surface area contributed by atoms with Crippen LogP contribution in [0.5, 0.6) is 0 Å². The van der Waals surface area contributed by atoms with Gasteiger partial charge in [-0.1, -0.05) is 36.5 Å². The molecule has 0 N–H and O–H groups in total. The lowest BCUT2D eigenvalue weighted by molar-refractivity contribution is -0.394. The van der Waals surface area contributed by atoms with Crippen molar-refractivity contribution in [3.05, 3.63) is 86.0 Å². The summed E-state index contributed by atoms with van der Waals surface area (Å²) in [5.41, 5.74) is -1.57. The van der Waals surface area contributed by atoms with Crippen LogP contribution in [0.4, 0.5) is 11.4 Å². The van der Waals surface area contributed by atoms with Crippen molar-refractivity contribution in [2.45, 2.75) is 0 Å². The molecular weight excluding hydrogens is 336 g/mol. The maximum atomic E-state index is 11.1. The largest absolute Gasteiger partial charge is 0.276 e. The molecule has 26 heavy (non-hydrogen) atoms. The van der Waals surface area contributed by atoms with Crippen molar-refractivity contribution in [3.63, 3.8) is 0 Å². The molecule has 8 heteroatoms. The van der Waals surface area contributed by atoms with Crippen LogP contribution in [-0.4, -0.2) is 9.85 Å². The van der Waals surface area contributed by atoms with E-state index in [4.69, 9.17) is 0 Å². The monoisotopic (exact) mass is 346 g/mol. The lowest BCUT2D eigenvalue weighted by Crippen LogP contribution is -2.24. The number of fused-ring (bicyclic) bond motifs is 1. The van der Waals surface area contributed by atoms with Crippen molar-refractivity contribution in [2.75, 3.05) is 0 Å². The van der Waals surface area contributed by atoms with E-state index < -0.39 is 32.6 Å². The van der Waals surface area contributed by atoms with Gasteiger partial charge in [0, 0.05) is 18.1 Å². The first kappa shape index (κ1) is 16.8. The number of allylic oxidation sites excluding steroid dienone is 8. The Balaban J connectivity index is 2.28. The van der Waals surface area contributed by atoms with Gasteiger partial charge in [0.15, 0.2) is 5.41 Å². The summed E-state index contributed by atoms with van der Waals surface area (Å²) < 4.78 is 0.